The van der Waals surface area contributed by atoms with Crippen LogP contribution in [0.4, 0.5) is 0 Å². The molecule has 114 valence electrons. The van der Waals surface area contributed by atoms with Crippen LogP contribution in [0.1, 0.15) is 17.3 Å². The monoisotopic (exact) mass is 293 g/mol. The number of nitrogens with one attached hydrogen (secondary N) is 1. The van der Waals surface area contributed by atoms with Crippen LogP contribution in [0, 0.1) is 0 Å². The summed E-state index contributed by atoms with van der Waals surface area (Å²) >= 11 is 0. The van der Waals surface area contributed by atoms with Crippen molar-refractivity contribution in [3.8, 4) is 11.5 Å². The number of methoxy groups -OCH3 is 2. The quantitative estimate of drug-likeness (QED) is 0.610. The maximum atomic E-state index is 12.0. The molecule has 0 aliphatic heterocycles. The van der Waals surface area contributed by atoms with Crippen LogP contribution in [0.25, 0.3) is 0 Å². The number of carbonyl (C=O) groups excluding carboxylic acids is 2. The molecule has 0 saturated carbocycles. The van der Waals surface area contributed by atoms with Crippen molar-refractivity contribution >= 4 is 11.9 Å². The van der Waals surface area contributed by atoms with Crippen LogP contribution in [0.5, 0.6) is 11.5 Å². The van der Waals surface area contributed by atoms with Gasteiger partial charge in [0, 0.05) is 6.54 Å². The summed E-state index contributed by atoms with van der Waals surface area (Å²) in [6, 6.07) is 4.63. The molecule has 0 aliphatic carbocycles. The van der Waals surface area contributed by atoms with E-state index in [2.05, 4.69) is 11.9 Å². The van der Waals surface area contributed by atoms with E-state index in [-0.39, 0.29) is 11.5 Å². The van der Waals surface area contributed by atoms with Crippen LogP contribution in [0.3, 0.4) is 0 Å². The topological polar surface area (TPSA) is 73.9 Å². The summed E-state index contributed by atoms with van der Waals surface area (Å²) in [7, 11) is 2.97. The third kappa shape index (κ3) is 4.52. The van der Waals surface area contributed by atoms with Gasteiger partial charge in [0.15, 0.2) is 17.6 Å². The van der Waals surface area contributed by atoms with Gasteiger partial charge in [-0.2, -0.15) is 0 Å². The molecule has 1 aromatic rings. The standard InChI is InChI=1S/C15H19NO5/c1-5-8-16-14(17)10(2)21-15(18)11-6-7-12(19-3)13(9-11)20-4/h5-7,9-10H,1,8H2,2-4H3,(H,16,17). The van der Waals surface area contributed by atoms with Crippen molar-refractivity contribution in [3.05, 3.63) is 36.4 Å². The van der Waals surface area contributed by atoms with Gasteiger partial charge in [-0.3, -0.25) is 4.79 Å². The molecule has 0 aliphatic rings. The van der Waals surface area contributed by atoms with E-state index in [9.17, 15) is 9.59 Å². The molecular weight excluding hydrogens is 274 g/mol. The molecule has 1 N–H and O–H groups in total. The Morgan fingerprint density at radius 3 is 2.52 bits per heavy atom. The first kappa shape index (κ1) is 16.6. The van der Waals surface area contributed by atoms with Crippen molar-refractivity contribution in [2.45, 2.75) is 13.0 Å². The Bertz CT molecular complexity index is 527. The molecule has 0 bridgehead atoms. The molecule has 1 aromatic carbocycles. The lowest BCUT2D eigenvalue weighted by Crippen LogP contribution is -2.35. The molecule has 6 nitrogen and oxygen atoms in total. The molecule has 0 aromatic heterocycles. The summed E-state index contributed by atoms with van der Waals surface area (Å²) in [6.07, 6.45) is 0.645. The van der Waals surface area contributed by atoms with Gasteiger partial charge in [-0.05, 0) is 25.1 Å². The average molecular weight is 293 g/mol. The van der Waals surface area contributed by atoms with E-state index < -0.39 is 12.1 Å². The second-order valence-corrected chi connectivity index (χ2v) is 4.15. The van der Waals surface area contributed by atoms with Gasteiger partial charge in [-0.1, -0.05) is 6.08 Å². The minimum absolute atomic E-state index is 0.274. The predicted molar refractivity (Wildman–Crippen MR) is 77.6 cm³/mol. The third-order valence-corrected chi connectivity index (χ3v) is 2.69. The SMILES string of the molecule is C=CCNC(=O)C(C)OC(=O)c1ccc(OC)c(OC)c1. The average Bonchev–Trinajstić information content (AvgIpc) is 2.51. The molecule has 1 unspecified atom stereocenters. The van der Waals surface area contributed by atoms with E-state index in [0.717, 1.165) is 0 Å². The fraction of sp³-hybridized carbons (Fsp3) is 0.333. The van der Waals surface area contributed by atoms with E-state index >= 15 is 0 Å². The maximum absolute atomic E-state index is 12.0. The number of rotatable bonds is 7. The van der Waals surface area contributed by atoms with E-state index in [0.29, 0.717) is 18.0 Å². The Morgan fingerprint density at radius 1 is 1.29 bits per heavy atom. The van der Waals surface area contributed by atoms with Gasteiger partial charge in [-0.15, -0.1) is 6.58 Å². The molecule has 0 spiro atoms. The Labute approximate surface area is 123 Å². The number of amides is 1. The van der Waals surface area contributed by atoms with Crippen molar-refractivity contribution in [1.29, 1.82) is 0 Å². The van der Waals surface area contributed by atoms with E-state index in [1.165, 1.54) is 33.3 Å². The lowest BCUT2D eigenvalue weighted by atomic mass is 10.2. The number of esters is 1. The first-order chi connectivity index (χ1) is 10.0. The van der Waals surface area contributed by atoms with Gasteiger partial charge in [0.25, 0.3) is 5.91 Å². The minimum atomic E-state index is -0.898. The fourth-order valence-electron chi connectivity index (χ4n) is 1.56. The first-order valence-electron chi connectivity index (χ1n) is 6.35. The molecule has 0 fully saturated rings. The van der Waals surface area contributed by atoms with Crippen LogP contribution in [0.15, 0.2) is 30.9 Å². The van der Waals surface area contributed by atoms with Crippen molar-refractivity contribution < 1.29 is 23.8 Å². The highest BCUT2D eigenvalue weighted by atomic mass is 16.5. The zero-order valence-electron chi connectivity index (χ0n) is 12.3. The summed E-state index contributed by atoms with van der Waals surface area (Å²) in [4.78, 5) is 23.6. The maximum Gasteiger partial charge on any atom is 0.339 e. The van der Waals surface area contributed by atoms with E-state index in [1.807, 2.05) is 0 Å². The fourth-order valence-corrected chi connectivity index (χ4v) is 1.56. The Balaban J connectivity index is 2.75. The van der Waals surface area contributed by atoms with Crippen molar-refractivity contribution in [2.75, 3.05) is 20.8 Å². The van der Waals surface area contributed by atoms with Gasteiger partial charge < -0.3 is 19.5 Å². The highest BCUT2D eigenvalue weighted by Crippen LogP contribution is 2.27. The Hall–Kier alpha value is -2.50. The number of benzene rings is 1. The Morgan fingerprint density at radius 2 is 1.95 bits per heavy atom. The Kier molecular flexibility index (Phi) is 6.26. The molecule has 1 amide bonds. The van der Waals surface area contributed by atoms with E-state index in [4.69, 9.17) is 14.2 Å². The number of carbonyl (C=O) groups is 2. The normalized spacial score (nSPS) is 11.2. The lowest BCUT2D eigenvalue weighted by Gasteiger charge is -2.14. The van der Waals surface area contributed by atoms with Gasteiger partial charge in [0.1, 0.15) is 0 Å². The first-order valence-corrected chi connectivity index (χ1v) is 6.35. The van der Waals surface area contributed by atoms with Gasteiger partial charge >= 0.3 is 5.97 Å². The highest BCUT2D eigenvalue weighted by molar-refractivity contribution is 5.92. The summed E-state index contributed by atoms with van der Waals surface area (Å²) in [6.45, 7) is 5.30. The van der Waals surface area contributed by atoms with Gasteiger partial charge in [0.05, 0.1) is 19.8 Å². The zero-order valence-corrected chi connectivity index (χ0v) is 12.3. The van der Waals surface area contributed by atoms with Crippen molar-refractivity contribution in [3.63, 3.8) is 0 Å². The van der Waals surface area contributed by atoms with Gasteiger partial charge in [-0.25, -0.2) is 4.79 Å². The van der Waals surface area contributed by atoms with Crippen LogP contribution in [0.2, 0.25) is 0 Å². The summed E-state index contributed by atoms with van der Waals surface area (Å²) in [5.41, 5.74) is 0.274. The van der Waals surface area contributed by atoms with Crippen LogP contribution < -0.4 is 14.8 Å². The summed E-state index contributed by atoms with van der Waals surface area (Å²) in [5.74, 6) is -0.0810. The smallest absolute Gasteiger partial charge is 0.339 e. The van der Waals surface area contributed by atoms with Crippen LogP contribution >= 0.6 is 0 Å². The second-order valence-electron chi connectivity index (χ2n) is 4.15. The summed E-state index contributed by atoms with van der Waals surface area (Å²) < 4.78 is 15.3. The van der Waals surface area contributed by atoms with Crippen LogP contribution in [-0.2, 0) is 9.53 Å². The molecule has 1 atom stereocenters. The molecule has 1 rings (SSSR count). The molecular formula is C15H19NO5. The third-order valence-electron chi connectivity index (χ3n) is 2.69. The van der Waals surface area contributed by atoms with Gasteiger partial charge in [0.2, 0.25) is 0 Å². The molecule has 0 saturated heterocycles. The number of ether oxygens (including phenoxy) is 3. The molecule has 21 heavy (non-hydrogen) atoms. The molecule has 0 radical (unpaired) electrons. The second kappa shape index (κ2) is 7.94. The predicted octanol–water partition coefficient (Wildman–Crippen LogP) is 1.55. The van der Waals surface area contributed by atoms with Crippen molar-refractivity contribution in [2.24, 2.45) is 0 Å². The number of hydrogen-bond donors (Lipinski definition) is 1. The largest absolute Gasteiger partial charge is 0.493 e. The van der Waals surface area contributed by atoms with Crippen molar-refractivity contribution in [1.82, 2.24) is 5.32 Å². The van der Waals surface area contributed by atoms with Crippen LogP contribution in [-0.4, -0.2) is 38.7 Å². The zero-order chi connectivity index (χ0) is 15.8. The molecule has 6 heteroatoms. The van der Waals surface area contributed by atoms with E-state index in [1.54, 1.807) is 12.1 Å². The molecule has 0 heterocycles. The lowest BCUT2D eigenvalue weighted by molar-refractivity contribution is -0.128. The summed E-state index contributed by atoms with van der Waals surface area (Å²) in [5, 5.41) is 2.55. The minimum Gasteiger partial charge on any atom is -0.493 e. The highest BCUT2D eigenvalue weighted by Gasteiger charge is 2.19. The number of hydrogen-bond acceptors (Lipinski definition) is 5.